The predicted molar refractivity (Wildman–Crippen MR) is 61.2 cm³/mol. The molecule has 1 aromatic carbocycles. The van der Waals surface area contributed by atoms with Crippen molar-refractivity contribution in [2.24, 2.45) is 5.73 Å². The molecule has 15 heavy (non-hydrogen) atoms. The Morgan fingerprint density at radius 3 is 2.87 bits per heavy atom. The number of primary amides is 1. The molecule has 0 fully saturated rings. The first-order valence-corrected chi connectivity index (χ1v) is 5.14. The lowest BCUT2D eigenvalue weighted by Crippen LogP contribution is -2.15. The van der Waals surface area contributed by atoms with Crippen LogP contribution in [0.5, 0.6) is 0 Å². The summed E-state index contributed by atoms with van der Waals surface area (Å²) in [6, 6.07) is 7.24. The van der Waals surface area contributed by atoms with Gasteiger partial charge in [0.2, 0.25) is 5.91 Å². The molecule has 3 N–H and O–H groups in total. The molecule has 1 amide bonds. The fourth-order valence-electron chi connectivity index (χ4n) is 1.05. The molecule has 0 radical (unpaired) electrons. The third kappa shape index (κ3) is 3.60. The molecule has 4 nitrogen and oxygen atoms in total. The van der Waals surface area contributed by atoms with Gasteiger partial charge in [-0.25, -0.2) is 0 Å². The summed E-state index contributed by atoms with van der Waals surface area (Å²) in [5.41, 5.74) is 6.43. The Hall–Kier alpha value is -1.54. The maximum Gasteiger partial charge on any atom is 0.219 e. The van der Waals surface area contributed by atoms with Gasteiger partial charge in [0.15, 0.2) is 0 Å². The van der Waals surface area contributed by atoms with Crippen LogP contribution < -0.4 is 11.1 Å². The van der Waals surface area contributed by atoms with Crippen LogP contribution in [0.25, 0.3) is 0 Å². The van der Waals surface area contributed by atoms with Crippen molar-refractivity contribution in [3.05, 3.63) is 28.2 Å². The smallest absolute Gasteiger partial charge is 0.219 e. The monoisotopic (exact) mass is 267 g/mol. The highest BCUT2D eigenvalue weighted by Crippen LogP contribution is 2.23. The van der Waals surface area contributed by atoms with Crippen molar-refractivity contribution in [3.63, 3.8) is 0 Å². The molecule has 0 aromatic heterocycles. The van der Waals surface area contributed by atoms with E-state index in [4.69, 9.17) is 11.0 Å². The van der Waals surface area contributed by atoms with Gasteiger partial charge in [-0.3, -0.25) is 4.79 Å². The van der Waals surface area contributed by atoms with Gasteiger partial charge in [0.25, 0.3) is 0 Å². The van der Waals surface area contributed by atoms with Crippen molar-refractivity contribution in [3.8, 4) is 6.07 Å². The minimum atomic E-state index is -0.340. The second kappa shape index (κ2) is 5.37. The van der Waals surface area contributed by atoms with E-state index in [2.05, 4.69) is 21.2 Å². The molecule has 0 aliphatic rings. The van der Waals surface area contributed by atoms with Gasteiger partial charge in [-0.15, -0.1) is 0 Å². The summed E-state index contributed by atoms with van der Waals surface area (Å²) in [5, 5.41) is 11.7. The van der Waals surface area contributed by atoms with E-state index in [1.807, 2.05) is 6.07 Å². The Kier molecular flexibility index (Phi) is 4.13. The minimum absolute atomic E-state index is 0.284. The summed E-state index contributed by atoms with van der Waals surface area (Å²) in [7, 11) is 0. The molecule has 0 saturated heterocycles. The van der Waals surface area contributed by atoms with Crippen LogP contribution in [0.1, 0.15) is 12.0 Å². The number of nitriles is 1. The van der Waals surface area contributed by atoms with Crippen LogP contribution in [0.15, 0.2) is 22.7 Å². The Morgan fingerprint density at radius 2 is 2.33 bits per heavy atom. The number of amides is 1. The topological polar surface area (TPSA) is 78.9 Å². The molecular weight excluding hydrogens is 258 g/mol. The molecule has 5 heteroatoms. The van der Waals surface area contributed by atoms with Gasteiger partial charge in [0.05, 0.1) is 11.6 Å². The lowest BCUT2D eigenvalue weighted by atomic mass is 10.2. The first-order chi connectivity index (χ1) is 7.13. The number of benzene rings is 1. The predicted octanol–water partition coefficient (Wildman–Crippen LogP) is 1.61. The summed E-state index contributed by atoms with van der Waals surface area (Å²) >= 11 is 3.33. The van der Waals surface area contributed by atoms with Gasteiger partial charge in [0.1, 0.15) is 0 Å². The average Bonchev–Trinajstić information content (AvgIpc) is 2.20. The number of nitrogens with one attached hydrogen (secondary N) is 1. The van der Waals surface area contributed by atoms with Gasteiger partial charge in [-0.1, -0.05) is 0 Å². The number of nitrogens with zero attached hydrogens (tertiary/aromatic N) is 1. The summed E-state index contributed by atoms with van der Waals surface area (Å²) in [4.78, 5) is 10.5. The fraction of sp³-hybridized carbons (Fsp3) is 0.200. The minimum Gasteiger partial charge on any atom is -0.384 e. The highest BCUT2D eigenvalue weighted by Gasteiger charge is 2.01. The molecule has 0 atom stereocenters. The van der Waals surface area contributed by atoms with E-state index < -0.39 is 0 Å². The van der Waals surface area contributed by atoms with E-state index in [9.17, 15) is 4.79 Å². The largest absolute Gasteiger partial charge is 0.384 e. The zero-order valence-corrected chi connectivity index (χ0v) is 9.54. The molecule has 0 saturated carbocycles. The van der Waals surface area contributed by atoms with Crippen LogP contribution >= 0.6 is 15.9 Å². The van der Waals surface area contributed by atoms with E-state index in [1.54, 1.807) is 18.2 Å². The van der Waals surface area contributed by atoms with Crippen LogP contribution in [0.3, 0.4) is 0 Å². The SMILES string of the molecule is N#Cc1ccc(NCCC(N)=O)c(Br)c1. The van der Waals surface area contributed by atoms with Crippen LogP contribution in [0, 0.1) is 11.3 Å². The van der Waals surface area contributed by atoms with Crippen molar-refractivity contribution in [2.75, 3.05) is 11.9 Å². The number of halogens is 1. The number of anilines is 1. The highest BCUT2D eigenvalue weighted by atomic mass is 79.9. The van der Waals surface area contributed by atoms with Crippen molar-refractivity contribution in [1.82, 2.24) is 0 Å². The van der Waals surface area contributed by atoms with Crippen molar-refractivity contribution < 1.29 is 4.79 Å². The second-order valence-electron chi connectivity index (χ2n) is 2.95. The molecule has 0 aliphatic heterocycles. The molecule has 0 spiro atoms. The normalized spacial score (nSPS) is 9.33. The lowest BCUT2D eigenvalue weighted by Gasteiger charge is -2.07. The summed E-state index contributed by atoms with van der Waals surface area (Å²) in [6.07, 6.45) is 0.284. The lowest BCUT2D eigenvalue weighted by molar-refractivity contribution is -0.117. The number of hydrogen-bond acceptors (Lipinski definition) is 3. The van der Waals surface area contributed by atoms with Gasteiger partial charge in [-0.05, 0) is 34.1 Å². The molecule has 0 bridgehead atoms. The number of carbonyl (C=O) groups excluding carboxylic acids is 1. The van der Waals surface area contributed by atoms with Gasteiger partial charge in [-0.2, -0.15) is 5.26 Å². The molecule has 1 rings (SSSR count). The fourth-order valence-corrected chi connectivity index (χ4v) is 1.57. The summed E-state index contributed by atoms with van der Waals surface area (Å²) in [6.45, 7) is 0.486. The van der Waals surface area contributed by atoms with Gasteiger partial charge >= 0.3 is 0 Å². The second-order valence-corrected chi connectivity index (χ2v) is 3.80. The van der Waals surface area contributed by atoms with E-state index >= 15 is 0 Å². The Balaban J connectivity index is 2.63. The Morgan fingerprint density at radius 1 is 1.60 bits per heavy atom. The number of carbonyl (C=O) groups is 1. The van der Waals surface area contributed by atoms with Crippen LogP contribution in [0.2, 0.25) is 0 Å². The highest BCUT2D eigenvalue weighted by molar-refractivity contribution is 9.10. The summed E-state index contributed by atoms with van der Waals surface area (Å²) < 4.78 is 0.797. The van der Waals surface area contributed by atoms with Crippen molar-refractivity contribution >= 4 is 27.5 Å². The van der Waals surface area contributed by atoms with Crippen LogP contribution in [-0.4, -0.2) is 12.5 Å². The molecular formula is C10H10BrN3O. The quantitative estimate of drug-likeness (QED) is 0.870. The standard InChI is InChI=1S/C10H10BrN3O/c11-8-5-7(6-12)1-2-9(8)14-4-3-10(13)15/h1-2,5,14H,3-4H2,(H2,13,15). The number of hydrogen-bond donors (Lipinski definition) is 2. The van der Waals surface area contributed by atoms with E-state index in [0.717, 1.165) is 10.2 Å². The zero-order chi connectivity index (χ0) is 11.3. The average molecular weight is 268 g/mol. The van der Waals surface area contributed by atoms with E-state index in [-0.39, 0.29) is 12.3 Å². The molecule has 1 aromatic rings. The first-order valence-electron chi connectivity index (χ1n) is 4.35. The van der Waals surface area contributed by atoms with Crippen molar-refractivity contribution in [1.29, 1.82) is 5.26 Å². The maximum absolute atomic E-state index is 10.5. The molecule has 78 valence electrons. The van der Waals surface area contributed by atoms with Gasteiger partial charge < -0.3 is 11.1 Å². The third-order valence-electron chi connectivity index (χ3n) is 1.79. The zero-order valence-electron chi connectivity index (χ0n) is 7.96. The Bertz CT molecular complexity index is 412. The maximum atomic E-state index is 10.5. The van der Waals surface area contributed by atoms with Gasteiger partial charge in [0, 0.05) is 23.1 Å². The molecule has 0 aliphatic carbocycles. The molecule has 0 heterocycles. The summed E-state index contributed by atoms with van der Waals surface area (Å²) in [5.74, 6) is -0.340. The third-order valence-corrected chi connectivity index (χ3v) is 2.44. The number of rotatable bonds is 4. The molecule has 0 unspecified atom stereocenters. The first kappa shape index (κ1) is 11.5. The van der Waals surface area contributed by atoms with E-state index in [0.29, 0.717) is 12.1 Å². The van der Waals surface area contributed by atoms with Crippen molar-refractivity contribution in [2.45, 2.75) is 6.42 Å². The van der Waals surface area contributed by atoms with Crippen LogP contribution in [0.4, 0.5) is 5.69 Å². The van der Waals surface area contributed by atoms with E-state index in [1.165, 1.54) is 0 Å². The van der Waals surface area contributed by atoms with Crippen LogP contribution in [-0.2, 0) is 4.79 Å². The Labute approximate surface area is 96.2 Å². The number of nitrogens with two attached hydrogens (primary N) is 1.